The second-order valence-corrected chi connectivity index (χ2v) is 9.42. The second kappa shape index (κ2) is 9.44. The number of aromatic nitrogens is 2. The van der Waals surface area contributed by atoms with Crippen LogP contribution in [-0.4, -0.2) is 53.0 Å². The van der Waals surface area contributed by atoms with Crippen LogP contribution >= 0.6 is 0 Å². The summed E-state index contributed by atoms with van der Waals surface area (Å²) in [6, 6.07) is 15.5. The van der Waals surface area contributed by atoms with E-state index in [-0.39, 0.29) is 24.7 Å². The molecule has 3 aromatic carbocycles. The molecule has 0 bridgehead atoms. The van der Waals surface area contributed by atoms with Gasteiger partial charge in [-0.2, -0.15) is 0 Å². The smallest absolute Gasteiger partial charge is 0.343 e. The first kappa shape index (κ1) is 23.9. The number of likely N-dealkylation sites (N-methyl/N-ethyl adjacent to an activating group) is 1. The Kier molecular flexibility index (Phi) is 5.94. The fourth-order valence-electron chi connectivity index (χ4n) is 4.79. The van der Waals surface area contributed by atoms with Crippen LogP contribution in [0.25, 0.3) is 32.6 Å². The number of fused-ring (bicyclic) bond motifs is 6. The number of benzene rings is 3. The average molecular weight is 512 g/mol. The summed E-state index contributed by atoms with van der Waals surface area (Å²) in [5.41, 5.74) is 1.91. The van der Waals surface area contributed by atoms with Crippen LogP contribution in [0.2, 0.25) is 0 Å². The zero-order valence-electron chi connectivity index (χ0n) is 20.9. The lowest BCUT2D eigenvalue weighted by molar-refractivity contribution is 0.0731. The number of hydrogen-bond donors (Lipinski definition) is 1. The molecule has 2 aromatic heterocycles. The summed E-state index contributed by atoms with van der Waals surface area (Å²) in [6.07, 6.45) is 1.73. The Hall–Kier alpha value is -4.47. The highest BCUT2D eigenvalue weighted by atomic mass is 16.7. The van der Waals surface area contributed by atoms with Crippen molar-refractivity contribution in [2.24, 2.45) is 0 Å². The average Bonchev–Trinajstić information content (AvgIpc) is 3.39. The van der Waals surface area contributed by atoms with E-state index in [1.807, 2.05) is 31.1 Å². The third-order valence-corrected chi connectivity index (χ3v) is 6.72. The van der Waals surface area contributed by atoms with Crippen LogP contribution in [0.1, 0.15) is 15.9 Å². The van der Waals surface area contributed by atoms with E-state index >= 15 is 0 Å². The first-order valence-corrected chi connectivity index (χ1v) is 12.2. The Labute approximate surface area is 217 Å². The summed E-state index contributed by atoms with van der Waals surface area (Å²) in [4.78, 5) is 33.4. The zero-order chi connectivity index (χ0) is 26.4. The number of carbonyl (C=O) groups is 1. The SMILES string of the molecule is CN(C)CCn1c(=O)c2cc(OC(=O)c3ccccc3)c(CO)cc2c2cnc3cc4c(cc3c21)OCO4. The van der Waals surface area contributed by atoms with E-state index in [1.165, 1.54) is 0 Å². The van der Waals surface area contributed by atoms with Crippen molar-refractivity contribution in [3.8, 4) is 17.2 Å². The highest BCUT2D eigenvalue weighted by Crippen LogP contribution is 2.39. The van der Waals surface area contributed by atoms with Gasteiger partial charge in [-0.15, -0.1) is 0 Å². The van der Waals surface area contributed by atoms with E-state index in [4.69, 9.17) is 14.2 Å². The van der Waals surface area contributed by atoms with Gasteiger partial charge in [0.15, 0.2) is 11.5 Å². The van der Waals surface area contributed by atoms with Gasteiger partial charge in [0, 0.05) is 41.7 Å². The maximum atomic E-state index is 14.0. The molecule has 0 saturated heterocycles. The number of aliphatic hydroxyl groups excluding tert-OH is 1. The minimum atomic E-state index is -0.572. The molecule has 9 heteroatoms. The van der Waals surface area contributed by atoms with Gasteiger partial charge in [-0.1, -0.05) is 18.2 Å². The third kappa shape index (κ3) is 4.02. The van der Waals surface area contributed by atoms with Gasteiger partial charge in [-0.3, -0.25) is 9.78 Å². The summed E-state index contributed by atoms with van der Waals surface area (Å²) in [7, 11) is 3.89. The Morgan fingerprint density at radius 3 is 2.53 bits per heavy atom. The Bertz CT molecular complexity index is 1780. The molecular formula is C29H25N3O6. The van der Waals surface area contributed by atoms with Crippen LogP contribution in [0.4, 0.5) is 0 Å². The van der Waals surface area contributed by atoms with Crippen LogP contribution in [0, 0.1) is 0 Å². The molecule has 0 radical (unpaired) electrons. The Balaban J connectivity index is 1.61. The van der Waals surface area contributed by atoms with E-state index in [1.54, 1.807) is 53.2 Å². The number of esters is 1. The number of aliphatic hydroxyl groups is 1. The lowest BCUT2D eigenvalue weighted by Gasteiger charge is -2.18. The van der Waals surface area contributed by atoms with Gasteiger partial charge >= 0.3 is 5.97 Å². The molecule has 0 fully saturated rings. The summed E-state index contributed by atoms with van der Waals surface area (Å²) in [5, 5.41) is 12.6. The van der Waals surface area contributed by atoms with Crippen LogP contribution in [-0.2, 0) is 13.2 Å². The van der Waals surface area contributed by atoms with E-state index in [2.05, 4.69) is 4.98 Å². The molecule has 0 aliphatic carbocycles. The molecule has 6 rings (SSSR count). The van der Waals surface area contributed by atoms with E-state index in [0.717, 1.165) is 10.8 Å². The van der Waals surface area contributed by atoms with Gasteiger partial charge in [0.25, 0.3) is 5.56 Å². The van der Waals surface area contributed by atoms with Gasteiger partial charge < -0.3 is 28.8 Å². The molecule has 9 nitrogen and oxygen atoms in total. The summed E-state index contributed by atoms with van der Waals surface area (Å²) >= 11 is 0. The third-order valence-electron chi connectivity index (χ3n) is 6.72. The largest absolute Gasteiger partial charge is 0.454 e. The van der Waals surface area contributed by atoms with Gasteiger partial charge in [0.05, 0.1) is 28.6 Å². The lowest BCUT2D eigenvalue weighted by Crippen LogP contribution is -2.27. The molecule has 1 aliphatic rings. The van der Waals surface area contributed by atoms with Crippen molar-refractivity contribution in [1.82, 2.24) is 14.5 Å². The molecule has 1 N–H and O–H groups in total. The molecule has 1 aliphatic heterocycles. The summed E-state index contributed by atoms with van der Waals surface area (Å²) in [5.74, 6) is 0.774. The Morgan fingerprint density at radius 2 is 1.79 bits per heavy atom. The molecule has 0 atom stereocenters. The molecule has 0 amide bonds. The first-order valence-electron chi connectivity index (χ1n) is 12.2. The van der Waals surface area contributed by atoms with Crippen molar-refractivity contribution in [3.63, 3.8) is 0 Å². The van der Waals surface area contributed by atoms with Crippen molar-refractivity contribution < 1.29 is 24.1 Å². The highest BCUT2D eigenvalue weighted by Gasteiger charge is 2.21. The first-order chi connectivity index (χ1) is 18.4. The Morgan fingerprint density at radius 1 is 1.03 bits per heavy atom. The fourth-order valence-corrected chi connectivity index (χ4v) is 4.79. The number of hydrogen-bond acceptors (Lipinski definition) is 8. The van der Waals surface area contributed by atoms with Crippen LogP contribution in [0.15, 0.2) is 65.6 Å². The monoisotopic (exact) mass is 511 g/mol. The predicted octanol–water partition coefficient (Wildman–Crippen LogP) is 3.70. The van der Waals surface area contributed by atoms with E-state index in [9.17, 15) is 14.7 Å². The standard InChI is InChI=1S/C29H25N3O6/c1-31(2)8-9-32-27-21-12-25-26(37-16-36-25)13-23(21)30-14-22(27)19-10-18(15-33)24(11-20(19)28(32)34)38-29(35)17-6-4-3-5-7-17/h3-7,10-14,33H,8-9,15-16H2,1-2H3. The minimum Gasteiger partial charge on any atom is -0.454 e. The number of nitrogens with zero attached hydrogens (tertiary/aromatic N) is 3. The van der Waals surface area contributed by atoms with E-state index in [0.29, 0.717) is 57.5 Å². The van der Waals surface area contributed by atoms with Gasteiger partial charge in [-0.25, -0.2) is 4.79 Å². The van der Waals surface area contributed by atoms with Crippen molar-refractivity contribution in [2.75, 3.05) is 27.4 Å². The highest BCUT2D eigenvalue weighted by molar-refractivity contribution is 6.15. The summed E-state index contributed by atoms with van der Waals surface area (Å²) < 4.78 is 18.5. The predicted molar refractivity (Wildman–Crippen MR) is 143 cm³/mol. The quantitative estimate of drug-likeness (QED) is 0.209. The van der Waals surface area contributed by atoms with Crippen molar-refractivity contribution >= 4 is 38.5 Å². The lowest BCUT2D eigenvalue weighted by atomic mass is 10.0. The maximum absolute atomic E-state index is 14.0. The number of carbonyl (C=O) groups excluding carboxylic acids is 1. The normalized spacial score (nSPS) is 12.6. The number of pyridine rings is 2. The molecule has 0 unspecified atom stereocenters. The molecule has 3 heterocycles. The zero-order valence-corrected chi connectivity index (χ0v) is 20.9. The van der Waals surface area contributed by atoms with Gasteiger partial charge in [0.1, 0.15) is 5.75 Å². The molecule has 0 spiro atoms. The summed E-state index contributed by atoms with van der Waals surface area (Å²) in [6.45, 7) is 0.800. The van der Waals surface area contributed by atoms with Crippen molar-refractivity contribution in [1.29, 1.82) is 0 Å². The van der Waals surface area contributed by atoms with Crippen LogP contribution in [0.3, 0.4) is 0 Å². The molecule has 192 valence electrons. The number of rotatable bonds is 6. The topological polar surface area (TPSA) is 103 Å². The van der Waals surface area contributed by atoms with Crippen molar-refractivity contribution in [2.45, 2.75) is 13.2 Å². The van der Waals surface area contributed by atoms with Crippen LogP contribution in [0.5, 0.6) is 17.2 Å². The van der Waals surface area contributed by atoms with Gasteiger partial charge in [0.2, 0.25) is 6.79 Å². The van der Waals surface area contributed by atoms with E-state index < -0.39 is 5.97 Å². The minimum absolute atomic E-state index is 0.129. The number of ether oxygens (including phenoxy) is 3. The van der Waals surface area contributed by atoms with Crippen molar-refractivity contribution in [3.05, 3.63) is 82.3 Å². The molecule has 5 aromatic rings. The second-order valence-electron chi connectivity index (χ2n) is 9.42. The maximum Gasteiger partial charge on any atom is 0.343 e. The fraction of sp³-hybridized carbons (Fsp3) is 0.207. The molecular weight excluding hydrogens is 486 g/mol. The molecule has 38 heavy (non-hydrogen) atoms. The molecule has 0 saturated carbocycles. The van der Waals surface area contributed by atoms with Crippen LogP contribution < -0.4 is 19.8 Å². The van der Waals surface area contributed by atoms with Gasteiger partial charge in [-0.05, 0) is 49.8 Å².